The van der Waals surface area contributed by atoms with Gasteiger partial charge in [0.1, 0.15) is 23.9 Å². The molecule has 216 valence electrons. The molecular formula is C27H40N4O7S. The second-order valence-electron chi connectivity index (χ2n) is 9.96. The van der Waals surface area contributed by atoms with Crippen molar-refractivity contribution in [2.75, 3.05) is 5.75 Å². The van der Waals surface area contributed by atoms with Gasteiger partial charge in [-0.2, -0.15) is 0 Å². The maximum Gasteiger partial charge on any atom is 0.328 e. The fourth-order valence-corrected chi connectivity index (χ4v) is 4.37. The van der Waals surface area contributed by atoms with E-state index in [9.17, 15) is 24.0 Å². The lowest BCUT2D eigenvalue weighted by Gasteiger charge is -2.26. The van der Waals surface area contributed by atoms with Crippen LogP contribution in [0.4, 0.5) is 0 Å². The highest BCUT2D eigenvalue weighted by molar-refractivity contribution is 8.13. The molecule has 0 fully saturated rings. The van der Waals surface area contributed by atoms with Gasteiger partial charge in [-0.1, -0.05) is 50.4 Å². The first-order valence-electron chi connectivity index (χ1n) is 13.4. The molecule has 0 spiro atoms. The molecule has 0 radical (unpaired) electrons. The summed E-state index contributed by atoms with van der Waals surface area (Å²) in [6.07, 6.45) is 10.1. The number of nitrogens with zero attached hydrogens (tertiary/aromatic N) is 1. The van der Waals surface area contributed by atoms with E-state index >= 15 is 0 Å². The van der Waals surface area contributed by atoms with Crippen molar-refractivity contribution in [3.05, 3.63) is 30.0 Å². The number of carbonyl (C=O) groups excluding carboxylic acids is 5. The SMILES string of the molecule is CCCCCCCC(=O)SCCC=C[C@@H]1CC(=O)NCc2nc(co2)C(=O)NC(C)(C)C(=O)N[C@@H](C)C(=O)O1. The average Bonchev–Trinajstić information content (AvgIpc) is 3.35. The second kappa shape index (κ2) is 16.1. The molecule has 12 heteroatoms. The number of fused-ring (bicyclic) bond motifs is 2. The van der Waals surface area contributed by atoms with Gasteiger partial charge in [0.15, 0.2) is 10.8 Å². The topological polar surface area (TPSA) is 157 Å². The Morgan fingerprint density at radius 1 is 1.18 bits per heavy atom. The van der Waals surface area contributed by atoms with Crippen LogP contribution in [0.5, 0.6) is 0 Å². The molecule has 2 rings (SSSR count). The summed E-state index contributed by atoms with van der Waals surface area (Å²) in [6, 6.07) is -1.04. The molecular weight excluding hydrogens is 524 g/mol. The van der Waals surface area contributed by atoms with E-state index in [-0.39, 0.29) is 29.7 Å². The predicted octanol–water partition coefficient (Wildman–Crippen LogP) is 3.19. The Balaban J connectivity index is 2.00. The molecule has 3 N–H and O–H groups in total. The number of amides is 3. The predicted molar refractivity (Wildman–Crippen MR) is 147 cm³/mol. The first-order valence-corrected chi connectivity index (χ1v) is 14.4. The van der Waals surface area contributed by atoms with Crippen LogP contribution in [-0.2, 0) is 30.5 Å². The molecule has 1 aromatic rings. The number of carbonyl (C=O) groups is 5. The van der Waals surface area contributed by atoms with Crippen molar-refractivity contribution >= 4 is 40.6 Å². The summed E-state index contributed by atoms with van der Waals surface area (Å²) in [5.74, 6) is -1.73. The van der Waals surface area contributed by atoms with Crippen molar-refractivity contribution < 1.29 is 33.1 Å². The monoisotopic (exact) mass is 564 g/mol. The molecule has 39 heavy (non-hydrogen) atoms. The molecule has 2 atom stereocenters. The van der Waals surface area contributed by atoms with Crippen LogP contribution in [0.3, 0.4) is 0 Å². The number of esters is 1. The van der Waals surface area contributed by atoms with E-state index in [1.807, 2.05) is 0 Å². The maximum atomic E-state index is 12.8. The van der Waals surface area contributed by atoms with Crippen molar-refractivity contribution in [3.8, 4) is 0 Å². The number of cyclic esters (lactones) is 1. The summed E-state index contributed by atoms with van der Waals surface area (Å²) in [6.45, 7) is 6.51. The summed E-state index contributed by atoms with van der Waals surface area (Å²) < 4.78 is 10.8. The highest BCUT2D eigenvalue weighted by Gasteiger charge is 2.33. The Hall–Kier alpha value is -3.15. The van der Waals surface area contributed by atoms with Crippen molar-refractivity contribution in [2.45, 2.75) is 103 Å². The van der Waals surface area contributed by atoms with Gasteiger partial charge in [0, 0.05) is 12.2 Å². The lowest BCUT2D eigenvalue weighted by Crippen LogP contribution is -2.57. The van der Waals surface area contributed by atoms with E-state index in [0.717, 1.165) is 25.5 Å². The third-order valence-electron chi connectivity index (χ3n) is 5.95. The van der Waals surface area contributed by atoms with Crippen molar-refractivity contribution in [3.63, 3.8) is 0 Å². The summed E-state index contributed by atoms with van der Waals surface area (Å²) in [5, 5.41) is 7.88. The first-order chi connectivity index (χ1) is 18.5. The number of unbranched alkanes of at least 4 members (excludes halogenated alkanes) is 4. The standard InChI is InChI=1S/C27H40N4O7S/c1-5-6-7-8-9-13-23(33)39-14-11-10-12-19-15-21(32)28-16-22-30-20(17-37-22)24(34)31-27(3,4)26(36)29-18(2)25(35)38-19/h10,12,17-19H,5-9,11,13-16H2,1-4H3,(H,28,32)(H,29,36)(H,31,34)/t18-,19+/m0/s1. The Morgan fingerprint density at radius 3 is 2.67 bits per heavy atom. The molecule has 3 amide bonds. The third kappa shape index (κ3) is 11.6. The van der Waals surface area contributed by atoms with E-state index in [2.05, 4.69) is 27.9 Å². The van der Waals surface area contributed by atoms with E-state index in [4.69, 9.17) is 9.15 Å². The number of nitrogens with one attached hydrogen (secondary N) is 3. The van der Waals surface area contributed by atoms with Crippen LogP contribution in [-0.4, -0.2) is 57.2 Å². The number of allylic oxidation sites excluding steroid dienone is 1. The Morgan fingerprint density at radius 2 is 1.92 bits per heavy atom. The molecule has 11 nitrogen and oxygen atoms in total. The number of rotatable bonds is 10. The minimum atomic E-state index is -1.36. The van der Waals surface area contributed by atoms with E-state index in [0.29, 0.717) is 18.6 Å². The van der Waals surface area contributed by atoms with Crippen LogP contribution in [0.15, 0.2) is 22.8 Å². The molecule has 0 saturated heterocycles. The zero-order valence-electron chi connectivity index (χ0n) is 23.2. The van der Waals surface area contributed by atoms with Gasteiger partial charge in [-0.05, 0) is 39.7 Å². The van der Waals surface area contributed by atoms with Crippen LogP contribution >= 0.6 is 11.8 Å². The Bertz CT molecular complexity index is 1040. The molecule has 1 aliphatic rings. The molecule has 2 bridgehead atoms. The number of hydrogen-bond donors (Lipinski definition) is 3. The smallest absolute Gasteiger partial charge is 0.328 e. The van der Waals surface area contributed by atoms with Gasteiger partial charge in [0.25, 0.3) is 5.91 Å². The van der Waals surface area contributed by atoms with Crippen LogP contribution in [0.2, 0.25) is 0 Å². The summed E-state index contributed by atoms with van der Waals surface area (Å²) >= 11 is 1.28. The zero-order chi connectivity index (χ0) is 28.8. The molecule has 1 aromatic heterocycles. The first kappa shape index (κ1) is 32.1. The van der Waals surface area contributed by atoms with Gasteiger partial charge in [0.2, 0.25) is 17.7 Å². The third-order valence-corrected chi connectivity index (χ3v) is 6.92. The minimum Gasteiger partial charge on any atom is -0.456 e. The molecule has 1 aliphatic heterocycles. The fourth-order valence-electron chi connectivity index (χ4n) is 3.60. The van der Waals surface area contributed by atoms with Gasteiger partial charge in [-0.3, -0.25) is 19.2 Å². The maximum absolute atomic E-state index is 12.8. The Kier molecular flexibility index (Phi) is 13.2. The average molecular weight is 565 g/mol. The van der Waals surface area contributed by atoms with Gasteiger partial charge in [-0.15, -0.1) is 0 Å². The van der Waals surface area contributed by atoms with Crippen LogP contribution < -0.4 is 16.0 Å². The summed E-state index contributed by atoms with van der Waals surface area (Å²) in [5.41, 5.74) is -1.41. The largest absolute Gasteiger partial charge is 0.456 e. The summed E-state index contributed by atoms with van der Waals surface area (Å²) in [7, 11) is 0. The van der Waals surface area contributed by atoms with Crippen molar-refractivity contribution in [1.82, 2.24) is 20.9 Å². The van der Waals surface area contributed by atoms with E-state index < -0.39 is 41.4 Å². The number of oxazole rings is 1. The summed E-state index contributed by atoms with van der Waals surface area (Å²) in [4.78, 5) is 66.6. The molecule has 0 aliphatic carbocycles. The molecule has 2 heterocycles. The molecule has 0 saturated carbocycles. The van der Waals surface area contributed by atoms with Crippen molar-refractivity contribution in [1.29, 1.82) is 0 Å². The van der Waals surface area contributed by atoms with Gasteiger partial charge in [-0.25, -0.2) is 9.78 Å². The number of hydrogen-bond acceptors (Lipinski definition) is 9. The Labute approximate surface area is 233 Å². The normalized spacial score (nSPS) is 20.7. The zero-order valence-corrected chi connectivity index (χ0v) is 24.0. The van der Waals surface area contributed by atoms with Crippen LogP contribution in [0.25, 0.3) is 0 Å². The highest BCUT2D eigenvalue weighted by atomic mass is 32.2. The lowest BCUT2D eigenvalue weighted by atomic mass is 10.0. The van der Waals surface area contributed by atoms with Gasteiger partial charge in [0.05, 0.1) is 13.0 Å². The second-order valence-corrected chi connectivity index (χ2v) is 11.1. The van der Waals surface area contributed by atoms with Crippen LogP contribution in [0.1, 0.15) is 95.4 Å². The number of aromatic nitrogens is 1. The molecule has 0 aromatic carbocycles. The quantitative estimate of drug-likeness (QED) is 0.221. The van der Waals surface area contributed by atoms with E-state index in [1.54, 1.807) is 12.2 Å². The van der Waals surface area contributed by atoms with Crippen LogP contribution in [0, 0.1) is 0 Å². The number of ether oxygens (including phenoxy) is 1. The number of thioether (sulfide) groups is 1. The highest BCUT2D eigenvalue weighted by Crippen LogP contribution is 2.14. The lowest BCUT2D eigenvalue weighted by molar-refractivity contribution is -0.151. The molecule has 0 unspecified atom stereocenters. The van der Waals surface area contributed by atoms with E-state index in [1.165, 1.54) is 45.4 Å². The fraction of sp³-hybridized carbons (Fsp3) is 0.630. The van der Waals surface area contributed by atoms with Gasteiger partial charge >= 0.3 is 5.97 Å². The van der Waals surface area contributed by atoms with Crippen molar-refractivity contribution in [2.24, 2.45) is 0 Å². The van der Waals surface area contributed by atoms with Gasteiger partial charge < -0.3 is 25.1 Å². The minimum absolute atomic E-state index is 0.0478.